The van der Waals surface area contributed by atoms with E-state index in [4.69, 9.17) is 0 Å². The average Bonchev–Trinajstić information content (AvgIpc) is 2.95. The third-order valence-corrected chi connectivity index (χ3v) is 5.88. The monoisotopic (exact) mass is 295 g/mol. The zero-order valence-electron chi connectivity index (χ0n) is 13.3. The molecule has 2 unspecified atom stereocenters. The van der Waals surface area contributed by atoms with Gasteiger partial charge in [-0.1, -0.05) is 20.8 Å². The number of nitrogens with one attached hydrogen (secondary N) is 2. The molecule has 1 aromatic rings. The third-order valence-electron chi connectivity index (χ3n) is 4.56. The van der Waals surface area contributed by atoms with Crippen LogP contribution >= 0.6 is 11.3 Å². The summed E-state index contributed by atoms with van der Waals surface area (Å²) in [6.07, 6.45) is 5.78. The number of piperidine rings is 1. The summed E-state index contributed by atoms with van der Waals surface area (Å²) in [5.74, 6) is 0.776. The molecule has 3 nitrogen and oxygen atoms in total. The molecule has 1 fully saturated rings. The first-order valence-electron chi connectivity index (χ1n) is 7.91. The molecule has 2 heterocycles. The van der Waals surface area contributed by atoms with Crippen LogP contribution in [0, 0.1) is 11.3 Å². The van der Waals surface area contributed by atoms with E-state index in [-0.39, 0.29) is 0 Å². The van der Waals surface area contributed by atoms with Gasteiger partial charge in [0.05, 0.1) is 6.04 Å². The van der Waals surface area contributed by atoms with Crippen molar-refractivity contribution in [3.63, 3.8) is 0 Å². The van der Waals surface area contributed by atoms with Crippen molar-refractivity contribution >= 4 is 11.3 Å². The van der Waals surface area contributed by atoms with Crippen LogP contribution < -0.4 is 10.6 Å². The number of aryl methyl sites for hydroxylation is 1. The van der Waals surface area contributed by atoms with Crippen molar-refractivity contribution in [3.8, 4) is 0 Å². The second-order valence-corrected chi connectivity index (χ2v) is 7.80. The summed E-state index contributed by atoms with van der Waals surface area (Å²) in [6.45, 7) is 12.6. The lowest BCUT2D eigenvalue weighted by atomic mass is 9.75. The summed E-state index contributed by atoms with van der Waals surface area (Å²) in [4.78, 5) is 5.92. The number of aromatic nitrogens is 1. The Labute approximate surface area is 127 Å². The molecular formula is C16H29N3S. The van der Waals surface area contributed by atoms with Gasteiger partial charge in [0, 0.05) is 17.6 Å². The Hall–Kier alpha value is -0.450. The molecule has 2 atom stereocenters. The summed E-state index contributed by atoms with van der Waals surface area (Å²) in [7, 11) is 0. The lowest BCUT2D eigenvalue weighted by Crippen LogP contribution is -2.43. The van der Waals surface area contributed by atoms with E-state index in [2.05, 4.69) is 43.3 Å². The second kappa shape index (κ2) is 7.01. The van der Waals surface area contributed by atoms with Gasteiger partial charge in [-0.2, -0.15) is 0 Å². The van der Waals surface area contributed by atoms with E-state index >= 15 is 0 Å². The number of thiazole rings is 1. The highest BCUT2D eigenvalue weighted by Crippen LogP contribution is 2.32. The maximum absolute atomic E-state index is 4.54. The Kier molecular flexibility index (Phi) is 5.58. The van der Waals surface area contributed by atoms with Crippen LogP contribution in [0.1, 0.15) is 56.5 Å². The third kappa shape index (κ3) is 4.03. The number of nitrogens with zero attached hydrogens (tertiary/aromatic N) is 1. The number of rotatable bonds is 6. The summed E-state index contributed by atoms with van der Waals surface area (Å²) in [5, 5.41) is 8.45. The van der Waals surface area contributed by atoms with Gasteiger partial charge in [-0.3, -0.25) is 0 Å². The highest BCUT2D eigenvalue weighted by Gasteiger charge is 2.30. The fourth-order valence-electron chi connectivity index (χ4n) is 2.85. The SMILES string of the molecule is CCc1cnc(C(C)NCC(C)(C)C2CCCNC2)s1. The van der Waals surface area contributed by atoms with Gasteiger partial charge in [-0.05, 0) is 50.6 Å². The van der Waals surface area contributed by atoms with Crippen LogP contribution in [0.2, 0.25) is 0 Å². The number of hydrogen-bond donors (Lipinski definition) is 2. The molecule has 0 aromatic carbocycles. The van der Waals surface area contributed by atoms with E-state index in [1.807, 2.05) is 17.5 Å². The molecule has 1 aliphatic heterocycles. The maximum atomic E-state index is 4.54. The van der Waals surface area contributed by atoms with Crippen molar-refractivity contribution in [2.45, 2.75) is 53.0 Å². The lowest BCUT2D eigenvalue weighted by Gasteiger charge is -2.38. The van der Waals surface area contributed by atoms with Crippen LogP contribution in [0.15, 0.2) is 6.20 Å². The molecular weight excluding hydrogens is 266 g/mol. The van der Waals surface area contributed by atoms with E-state index in [0.717, 1.165) is 18.9 Å². The van der Waals surface area contributed by atoms with Gasteiger partial charge in [0.2, 0.25) is 0 Å². The molecule has 0 spiro atoms. The van der Waals surface area contributed by atoms with Gasteiger partial charge in [-0.25, -0.2) is 4.98 Å². The molecule has 114 valence electrons. The van der Waals surface area contributed by atoms with Crippen LogP contribution in [-0.4, -0.2) is 24.6 Å². The highest BCUT2D eigenvalue weighted by molar-refractivity contribution is 7.11. The normalized spacial score (nSPS) is 21.9. The van der Waals surface area contributed by atoms with Gasteiger partial charge in [-0.15, -0.1) is 11.3 Å². The van der Waals surface area contributed by atoms with Crippen molar-refractivity contribution in [1.82, 2.24) is 15.6 Å². The quantitative estimate of drug-likeness (QED) is 0.845. The van der Waals surface area contributed by atoms with E-state index < -0.39 is 0 Å². The Morgan fingerprint density at radius 3 is 2.95 bits per heavy atom. The number of hydrogen-bond acceptors (Lipinski definition) is 4. The smallest absolute Gasteiger partial charge is 0.109 e. The highest BCUT2D eigenvalue weighted by atomic mass is 32.1. The van der Waals surface area contributed by atoms with Crippen LogP contribution in [-0.2, 0) is 6.42 Å². The van der Waals surface area contributed by atoms with Crippen molar-refractivity contribution in [1.29, 1.82) is 0 Å². The zero-order valence-corrected chi connectivity index (χ0v) is 14.1. The fourth-order valence-corrected chi connectivity index (χ4v) is 3.74. The first-order valence-corrected chi connectivity index (χ1v) is 8.73. The predicted octanol–water partition coefficient (Wildman–Crippen LogP) is 3.38. The van der Waals surface area contributed by atoms with Gasteiger partial charge < -0.3 is 10.6 Å². The molecule has 2 rings (SSSR count). The average molecular weight is 295 g/mol. The first-order chi connectivity index (χ1) is 9.53. The maximum Gasteiger partial charge on any atom is 0.109 e. The Morgan fingerprint density at radius 2 is 2.35 bits per heavy atom. The van der Waals surface area contributed by atoms with Gasteiger partial charge in [0.15, 0.2) is 0 Å². The van der Waals surface area contributed by atoms with E-state index in [1.165, 1.54) is 35.8 Å². The van der Waals surface area contributed by atoms with Gasteiger partial charge in [0.1, 0.15) is 5.01 Å². The molecule has 2 N–H and O–H groups in total. The first kappa shape index (κ1) is 15.9. The van der Waals surface area contributed by atoms with Crippen molar-refractivity contribution < 1.29 is 0 Å². The zero-order chi connectivity index (χ0) is 14.6. The van der Waals surface area contributed by atoms with Crippen molar-refractivity contribution in [2.24, 2.45) is 11.3 Å². The lowest BCUT2D eigenvalue weighted by molar-refractivity contribution is 0.162. The summed E-state index contributed by atoms with van der Waals surface area (Å²) in [5.41, 5.74) is 0.340. The molecule has 0 saturated carbocycles. The van der Waals surface area contributed by atoms with Crippen LogP contribution in [0.25, 0.3) is 0 Å². The van der Waals surface area contributed by atoms with Crippen molar-refractivity contribution in [2.75, 3.05) is 19.6 Å². The summed E-state index contributed by atoms with van der Waals surface area (Å²) >= 11 is 1.84. The predicted molar refractivity (Wildman–Crippen MR) is 87.3 cm³/mol. The fraction of sp³-hybridized carbons (Fsp3) is 0.812. The minimum Gasteiger partial charge on any atom is -0.316 e. The van der Waals surface area contributed by atoms with E-state index in [9.17, 15) is 0 Å². The van der Waals surface area contributed by atoms with Gasteiger partial charge in [0.25, 0.3) is 0 Å². The molecule has 4 heteroatoms. The molecule has 1 saturated heterocycles. The van der Waals surface area contributed by atoms with Crippen LogP contribution in [0.4, 0.5) is 0 Å². The summed E-state index contributed by atoms with van der Waals surface area (Å²) in [6, 6.07) is 0.358. The molecule has 0 amide bonds. The largest absolute Gasteiger partial charge is 0.316 e. The minimum absolute atomic E-state index is 0.340. The second-order valence-electron chi connectivity index (χ2n) is 6.65. The molecule has 0 aliphatic carbocycles. The molecule has 1 aromatic heterocycles. The van der Waals surface area contributed by atoms with E-state index in [1.54, 1.807) is 0 Å². The molecule has 0 bridgehead atoms. The minimum atomic E-state index is 0.340. The molecule has 0 radical (unpaired) electrons. The Bertz CT molecular complexity index is 408. The van der Waals surface area contributed by atoms with Crippen LogP contribution in [0.3, 0.4) is 0 Å². The molecule has 20 heavy (non-hydrogen) atoms. The van der Waals surface area contributed by atoms with Crippen LogP contribution in [0.5, 0.6) is 0 Å². The van der Waals surface area contributed by atoms with E-state index in [0.29, 0.717) is 11.5 Å². The Morgan fingerprint density at radius 1 is 1.55 bits per heavy atom. The van der Waals surface area contributed by atoms with Gasteiger partial charge >= 0.3 is 0 Å². The standard InChI is InChI=1S/C16H29N3S/c1-5-14-10-18-15(20-14)12(2)19-11-16(3,4)13-7-6-8-17-9-13/h10,12-13,17,19H,5-9,11H2,1-4H3. The van der Waals surface area contributed by atoms with Crippen molar-refractivity contribution in [3.05, 3.63) is 16.1 Å². The molecule has 1 aliphatic rings. The topological polar surface area (TPSA) is 37.0 Å². The summed E-state index contributed by atoms with van der Waals surface area (Å²) < 4.78 is 0. The Balaban J connectivity index is 1.86.